The predicted molar refractivity (Wildman–Crippen MR) is 135 cm³/mol. The van der Waals surface area contributed by atoms with E-state index in [1.807, 2.05) is 0 Å². The van der Waals surface area contributed by atoms with Crippen molar-refractivity contribution in [3.05, 3.63) is 89.3 Å². The Labute approximate surface area is 218 Å². The zero-order valence-electron chi connectivity index (χ0n) is 20.5. The fourth-order valence-corrected chi connectivity index (χ4v) is 4.91. The van der Waals surface area contributed by atoms with E-state index in [9.17, 15) is 9.59 Å². The number of halogens is 1. The summed E-state index contributed by atoms with van der Waals surface area (Å²) < 4.78 is 7.69. The molecule has 0 radical (unpaired) electrons. The number of nitrogens with zero attached hydrogens (tertiary/aromatic N) is 1. The summed E-state index contributed by atoms with van der Waals surface area (Å²) in [5, 5.41) is 1.29. The number of methoxy groups -OCH3 is 1. The number of aromatic nitrogens is 1. The molecular weight excluding hydrogens is 502 g/mol. The van der Waals surface area contributed by atoms with Crippen LogP contribution in [0.2, 0.25) is 0 Å². The van der Waals surface area contributed by atoms with Crippen molar-refractivity contribution in [2.45, 2.75) is 64.3 Å². The molecule has 4 rings (SSSR count). The van der Waals surface area contributed by atoms with E-state index in [1.54, 1.807) is 24.3 Å². The summed E-state index contributed by atoms with van der Waals surface area (Å²) in [5.74, 6) is -0.00163. The number of allylic oxidation sites excluding steroid dienone is 2. The van der Waals surface area contributed by atoms with E-state index in [1.165, 1.54) is 50.1 Å². The highest BCUT2D eigenvalue weighted by molar-refractivity contribution is 6.26. The second-order valence-electron chi connectivity index (χ2n) is 9.05. The maximum absolute atomic E-state index is 12.9. The zero-order valence-corrected chi connectivity index (χ0v) is 22.1. The maximum Gasteiger partial charge on any atom is 0.228 e. The van der Waals surface area contributed by atoms with E-state index < -0.39 is 0 Å². The van der Waals surface area contributed by atoms with Gasteiger partial charge in [0.1, 0.15) is 6.54 Å². The molecule has 0 saturated carbocycles. The number of aryl methyl sites for hydroxylation is 1. The number of Topliss-reactive ketones (excluding diaryl/α,β-unsaturated/α-hetero) is 2. The summed E-state index contributed by atoms with van der Waals surface area (Å²) in [7, 11) is 1.48. The smallest absolute Gasteiger partial charge is 0.228 e. The lowest BCUT2D eigenvalue weighted by atomic mass is 9.86. The molecule has 0 bridgehead atoms. The van der Waals surface area contributed by atoms with Gasteiger partial charge in [-0.15, -0.1) is 0 Å². The van der Waals surface area contributed by atoms with Crippen LogP contribution in [-0.2, 0) is 11.3 Å². The summed E-state index contributed by atoms with van der Waals surface area (Å²) in [4.78, 5) is 25.6. The minimum absolute atomic E-state index is 0. The number of pyridine rings is 1. The minimum atomic E-state index is -0.172. The first-order chi connectivity index (χ1) is 16.7. The Bertz CT molecular complexity index is 1200. The van der Waals surface area contributed by atoms with E-state index in [0.29, 0.717) is 23.1 Å². The molecule has 1 heterocycles. The molecule has 1 aromatic heterocycles. The molecule has 0 saturated heterocycles. The fourth-order valence-electron chi connectivity index (χ4n) is 4.91. The molecule has 0 amide bonds. The van der Waals surface area contributed by atoms with Crippen molar-refractivity contribution >= 4 is 22.5 Å². The van der Waals surface area contributed by atoms with Crippen LogP contribution in [0.5, 0.6) is 0 Å². The number of carbonyl (C=O) groups is 2. The first kappa shape index (κ1) is 26.8. The molecule has 0 unspecified atom stereocenters. The second kappa shape index (κ2) is 13.3. The summed E-state index contributed by atoms with van der Waals surface area (Å²) in [6, 6.07) is 19.9. The Kier molecular flexibility index (Phi) is 10.2. The first-order valence-electron chi connectivity index (χ1n) is 12.5. The highest BCUT2D eigenvalue weighted by atomic mass is 79.9. The molecule has 2 aromatic carbocycles. The summed E-state index contributed by atoms with van der Waals surface area (Å²) in [6.07, 6.45) is 12.1. The third kappa shape index (κ3) is 6.46. The van der Waals surface area contributed by atoms with Crippen LogP contribution in [0.15, 0.2) is 78.2 Å². The molecule has 3 aromatic rings. The molecule has 0 N–H and O–H groups in total. The standard InChI is InChI=1S/C30H34NO3.BrH/c1-34-30-26(28(32)24-17-10-11-18-25(24)29(30)33)19-8-6-4-2-3-5-7-13-21-31-22-14-16-23-15-9-12-20-27(23)31;/h9-12,14-18,20,22H,2-8,13,19,21H2,1H3;1H/q+1;/p-1. The van der Waals surface area contributed by atoms with E-state index in [2.05, 4.69) is 47.2 Å². The Hall–Kier alpha value is -2.79. The van der Waals surface area contributed by atoms with Crippen LogP contribution in [0, 0.1) is 0 Å². The Morgan fingerprint density at radius 1 is 0.686 bits per heavy atom. The number of unbranched alkanes of at least 4 members (excludes halogenated alkanes) is 7. The molecule has 0 aliphatic heterocycles. The predicted octanol–water partition coefficient (Wildman–Crippen LogP) is 3.62. The van der Waals surface area contributed by atoms with Gasteiger partial charge in [0, 0.05) is 40.6 Å². The van der Waals surface area contributed by atoms with E-state index in [4.69, 9.17) is 4.74 Å². The van der Waals surface area contributed by atoms with Gasteiger partial charge in [-0.1, -0.05) is 68.5 Å². The van der Waals surface area contributed by atoms with Gasteiger partial charge in [-0.2, -0.15) is 4.57 Å². The summed E-state index contributed by atoms with van der Waals surface area (Å²) in [6.45, 7) is 1.06. The van der Waals surface area contributed by atoms with Gasteiger partial charge in [0.25, 0.3) is 0 Å². The quantitative estimate of drug-likeness (QED) is 0.263. The second-order valence-corrected chi connectivity index (χ2v) is 9.05. The molecule has 0 atom stereocenters. The molecule has 1 aliphatic carbocycles. The van der Waals surface area contributed by atoms with Crippen molar-refractivity contribution in [3.8, 4) is 0 Å². The fraction of sp³-hybridized carbons (Fsp3) is 0.367. The Morgan fingerprint density at radius 3 is 1.97 bits per heavy atom. The lowest BCUT2D eigenvalue weighted by Crippen LogP contribution is -3.00. The molecule has 184 valence electrons. The highest BCUT2D eigenvalue weighted by Gasteiger charge is 2.32. The van der Waals surface area contributed by atoms with Crippen molar-refractivity contribution in [1.82, 2.24) is 0 Å². The largest absolute Gasteiger partial charge is 1.00 e. The maximum atomic E-state index is 12.9. The normalized spacial score (nSPS) is 13.1. The van der Waals surface area contributed by atoms with Gasteiger partial charge in [0.2, 0.25) is 11.3 Å². The number of rotatable bonds is 12. The number of ketones is 2. The molecule has 4 nitrogen and oxygen atoms in total. The number of carbonyl (C=O) groups excluding carboxylic acids is 2. The van der Waals surface area contributed by atoms with Crippen molar-refractivity contribution in [2.24, 2.45) is 0 Å². The zero-order chi connectivity index (χ0) is 23.8. The number of hydrogen-bond donors (Lipinski definition) is 0. The summed E-state index contributed by atoms with van der Waals surface area (Å²) >= 11 is 0. The molecule has 1 aliphatic rings. The Balaban J connectivity index is 0.00000342. The van der Waals surface area contributed by atoms with Crippen molar-refractivity contribution in [3.63, 3.8) is 0 Å². The van der Waals surface area contributed by atoms with E-state index in [0.717, 1.165) is 25.8 Å². The molecule has 5 heteroatoms. The monoisotopic (exact) mass is 535 g/mol. The van der Waals surface area contributed by atoms with Crippen molar-refractivity contribution in [1.29, 1.82) is 0 Å². The van der Waals surface area contributed by atoms with Crippen LogP contribution in [0.25, 0.3) is 10.9 Å². The third-order valence-corrected chi connectivity index (χ3v) is 6.74. The average Bonchev–Trinajstić information content (AvgIpc) is 2.88. The molecule has 0 fully saturated rings. The van der Waals surface area contributed by atoms with Gasteiger partial charge < -0.3 is 21.7 Å². The summed E-state index contributed by atoms with van der Waals surface area (Å²) in [5.41, 5.74) is 2.80. The number of fused-ring (bicyclic) bond motifs is 2. The minimum Gasteiger partial charge on any atom is -1.00 e. The Morgan fingerprint density at radius 2 is 1.26 bits per heavy atom. The molecule has 35 heavy (non-hydrogen) atoms. The van der Waals surface area contributed by atoms with Crippen molar-refractivity contribution in [2.75, 3.05) is 7.11 Å². The number of ether oxygens (including phenoxy) is 1. The lowest BCUT2D eigenvalue weighted by molar-refractivity contribution is -0.671. The van der Waals surface area contributed by atoms with Gasteiger partial charge >= 0.3 is 0 Å². The van der Waals surface area contributed by atoms with Gasteiger partial charge in [0.15, 0.2) is 17.7 Å². The lowest BCUT2D eigenvalue weighted by Gasteiger charge is -2.19. The van der Waals surface area contributed by atoms with E-state index >= 15 is 0 Å². The van der Waals surface area contributed by atoms with Crippen LogP contribution in [0.3, 0.4) is 0 Å². The van der Waals surface area contributed by atoms with Crippen molar-refractivity contribution < 1.29 is 35.9 Å². The van der Waals surface area contributed by atoms with Gasteiger partial charge in [-0.25, -0.2) is 0 Å². The number of para-hydroxylation sites is 1. The van der Waals surface area contributed by atoms with Crippen LogP contribution < -0.4 is 21.5 Å². The van der Waals surface area contributed by atoms with Gasteiger partial charge in [-0.05, 0) is 31.4 Å². The van der Waals surface area contributed by atoms with E-state index in [-0.39, 0.29) is 34.3 Å². The van der Waals surface area contributed by atoms with Crippen LogP contribution in [0.4, 0.5) is 0 Å². The van der Waals surface area contributed by atoms with Crippen LogP contribution in [0.1, 0.15) is 78.5 Å². The average molecular weight is 537 g/mol. The van der Waals surface area contributed by atoms with Crippen LogP contribution in [-0.4, -0.2) is 18.7 Å². The van der Waals surface area contributed by atoms with Gasteiger partial charge in [0.05, 0.1) is 7.11 Å². The number of hydrogen-bond acceptors (Lipinski definition) is 3. The molecule has 0 spiro atoms. The number of benzene rings is 2. The third-order valence-electron chi connectivity index (χ3n) is 6.74. The molecular formula is C30H34BrNO3. The highest BCUT2D eigenvalue weighted by Crippen LogP contribution is 2.29. The van der Waals surface area contributed by atoms with Gasteiger partial charge in [-0.3, -0.25) is 9.59 Å². The van der Waals surface area contributed by atoms with Crippen LogP contribution >= 0.6 is 0 Å². The first-order valence-corrected chi connectivity index (χ1v) is 12.5. The SMILES string of the molecule is COC1=C(CCCCCCCCCC[n+]2cccc3ccccc32)C(=O)c2ccccc2C1=O.[Br-]. The topological polar surface area (TPSA) is 47.2 Å².